The van der Waals surface area contributed by atoms with Crippen molar-refractivity contribution < 1.29 is 13.2 Å². The molecule has 0 spiro atoms. The van der Waals surface area contributed by atoms with Crippen molar-refractivity contribution in [2.75, 3.05) is 0 Å². The third-order valence-corrected chi connectivity index (χ3v) is 4.65. The molecule has 24 heavy (non-hydrogen) atoms. The quantitative estimate of drug-likeness (QED) is 0.701. The average Bonchev–Trinajstić information content (AvgIpc) is 2.88. The molecule has 0 bridgehead atoms. The first-order valence-corrected chi connectivity index (χ1v) is 7.89. The van der Waals surface area contributed by atoms with E-state index in [-0.39, 0.29) is 0 Å². The molecule has 0 aliphatic carbocycles. The van der Waals surface area contributed by atoms with Gasteiger partial charge in [-0.2, -0.15) is 13.2 Å². The molecular weight excluding hydrogens is 335 g/mol. The Kier molecular flexibility index (Phi) is 4.19. The van der Waals surface area contributed by atoms with E-state index in [0.29, 0.717) is 16.1 Å². The van der Waals surface area contributed by atoms with Crippen LogP contribution in [0.1, 0.15) is 11.1 Å². The number of benzene rings is 2. The number of nitrogens with one attached hydrogen (secondary N) is 1. The van der Waals surface area contributed by atoms with Gasteiger partial charge >= 0.3 is 6.18 Å². The molecule has 3 rings (SSSR count). The van der Waals surface area contributed by atoms with Gasteiger partial charge < -0.3 is 4.57 Å². The van der Waals surface area contributed by atoms with Gasteiger partial charge in [-0.25, -0.2) is 0 Å². The zero-order chi connectivity index (χ0) is 17.3. The standard InChI is InChI=1S/C17H14F3N3S/c1-11(12-6-5-7-13(10-12)17(18,19)20)21-22-16-23(2)14-8-3-4-9-15(14)24-16/h3-10,21H,1H2,2H3. The van der Waals surface area contributed by atoms with E-state index in [0.717, 1.165) is 22.3 Å². The fourth-order valence-corrected chi connectivity index (χ4v) is 3.23. The van der Waals surface area contributed by atoms with E-state index in [4.69, 9.17) is 0 Å². The predicted octanol–water partition coefficient (Wildman–Crippen LogP) is 4.33. The normalized spacial score (nSPS) is 12.6. The van der Waals surface area contributed by atoms with Crippen molar-refractivity contribution in [3.05, 3.63) is 71.0 Å². The van der Waals surface area contributed by atoms with Gasteiger partial charge in [0.15, 0.2) is 0 Å². The van der Waals surface area contributed by atoms with Crippen molar-refractivity contribution >= 4 is 27.3 Å². The highest BCUT2D eigenvalue weighted by Gasteiger charge is 2.30. The van der Waals surface area contributed by atoms with Crippen LogP contribution in [-0.4, -0.2) is 4.57 Å². The summed E-state index contributed by atoms with van der Waals surface area (Å²) in [5.74, 6) is 0. The highest BCUT2D eigenvalue weighted by Crippen LogP contribution is 2.30. The number of aryl methyl sites for hydroxylation is 1. The fraction of sp³-hybridized carbons (Fsp3) is 0.118. The summed E-state index contributed by atoms with van der Waals surface area (Å²) in [6, 6.07) is 12.8. The maximum Gasteiger partial charge on any atom is 0.416 e. The molecule has 0 saturated carbocycles. The smallest absolute Gasteiger partial charge is 0.318 e. The molecule has 0 fully saturated rings. The number of halogens is 3. The third kappa shape index (κ3) is 3.21. The Morgan fingerprint density at radius 1 is 1.17 bits per heavy atom. The van der Waals surface area contributed by atoms with Crippen LogP contribution in [0.5, 0.6) is 0 Å². The second-order valence-electron chi connectivity index (χ2n) is 5.19. The molecule has 0 aliphatic rings. The summed E-state index contributed by atoms with van der Waals surface area (Å²) in [4.78, 5) is 0.698. The van der Waals surface area contributed by atoms with Crippen molar-refractivity contribution in [2.24, 2.45) is 12.1 Å². The Hall–Kier alpha value is -2.54. The average molecular weight is 349 g/mol. The molecule has 2 aromatic carbocycles. The van der Waals surface area contributed by atoms with E-state index in [9.17, 15) is 13.2 Å². The monoisotopic (exact) mass is 349 g/mol. The number of rotatable bonds is 3. The Morgan fingerprint density at radius 3 is 2.62 bits per heavy atom. The topological polar surface area (TPSA) is 29.3 Å². The lowest BCUT2D eigenvalue weighted by molar-refractivity contribution is -0.137. The van der Waals surface area contributed by atoms with E-state index in [1.807, 2.05) is 35.9 Å². The number of nitrogens with zero attached hydrogens (tertiary/aromatic N) is 2. The lowest BCUT2D eigenvalue weighted by atomic mass is 10.1. The van der Waals surface area contributed by atoms with Crippen molar-refractivity contribution in [1.82, 2.24) is 9.99 Å². The minimum Gasteiger partial charge on any atom is -0.318 e. The molecule has 0 atom stereocenters. The molecule has 0 unspecified atom stereocenters. The third-order valence-electron chi connectivity index (χ3n) is 3.54. The maximum atomic E-state index is 12.8. The van der Waals surface area contributed by atoms with Gasteiger partial charge in [-0.1, -0.05) is 42.2 Å². The Morgan fingerprint density at radius 2 is 1.92 bits per heavy atom. The highest BCUT2D eigenvalue weighted by atomic mass is 32.1. The lowest BCUT2D eigenvalue weighted by Gasteiger charge is -2.10. The molecular formula is C17H14F3N3S. The molecule has 3 nitrogen and oxygen atoms in total. The molecule has 0 saturated heterocycles. The molecule has 7 heteroatoms. The van der Waals surface area contributed by atoms with E-state index in [1.54, 1.807) is 6.07 Å². The minimum atomic E-state index is -4.38. The largest absolute Gasteiger partial charge is 0.416 e. The molecule has 0 aliphatic heterocycles. The second kappa shape index (κ2) is 6.16. The van der Waals surface area contributed by atoms with Crippen LogP contribution in [0.3, 0.4) is 0 Å². The number of alkyl halides is 3. The van der Waals surface area contributed by atoms with Gasteiger partial charge in [0.1, 0.15) is 0 Å². The summed E-state index contributed by atoms with van der Waals surface area (Å²) in [7, 11) is 1.88. The fourth-order valence-electron chi connectivity index (χ4n) is 2.25. The first-order valence-electron chi connectivity index (χ1n) is 7.07. The van der Waals surface area contributed by atoms with Crippen molar-refractivity contribution in [3.63, 3.8) is 0 Å². The summed E-state index contributed by atoms with van der Waals surface area (Å²) in [6.07, 6.45) is -4.38. The summed E-state index contributed by atoms with van der Waals surface area (Å²) < 4.78 is 41.3. The van der Waals surface area contributed by atoms with Gasteiger partial charge in [-0.05, 0) is 29.8 Å². The molecule has 124 valence electrons. The first kappa shape index (κ1) is 16.3. The van der Waals surface area contributed by atoms with Crippen LogP contribution in [0.2, 0.25) is 0 Å². The molecule has 3 aromatic rings. The predicted molar refractivity (Wildman–Crippen MR) is 90.0 cm³/mol. The highest BCUT2D eigenvalue weighted by molar-refractivity contribution is 7.16. The Bertz CT molecular complexity index is 967. The zero-order valence-electron chi connectivity index (χ0n) is 12.8. The van der Waals surface area contributed by atoms with Gasteiger partial charge in [0, 0.05) is 7.05 Å². The summed E-state index contributed by atoms with van der Waals surface area (Å²) in [6.45, 7) is 3.77. The Balaban J connectivity index is 1.88. The van der Waals surface area contributed by atoms with Crippen molar-refractivity contribution in [3.8, 4) is 0 Å². The van der Waals surface area contributed by atoms with Crippen LogP contribution >= 0.6 is 11.3 Å². The van der Waals surface area contributed by atoms with Gasteiger partial charge in [-0.3, -0.25) is 5.43 Å². The van der Waals surface area contributed by atoms with Gasteiger partial charge in [0.05, 0.1) is 21.5 Å². The molecule has 0 amide bonds. The van der Waals surface area contributed by atoms with Crippen molar-refractivity contribution in [2.45, 2.75) is 6.18 Å². The molecule has 0 radical (unpaired) electrons. The van der Waals surface area contributed by atoms with Gasteiger partial charge in [0.2, 0.25) is 4.80 Å². The summed E-state index contributed by atoms with van der Waals surface area (Å²) in [5.41, 5.74) is 3.72. The Labute approximate surface area is 140 Å². The molecule has 1 heterocycles. The van der Waals surface area contributed by atoms with E-state index < -0.39 is 11.7 Å². The number of hydrogen-bond donors (Lipinski definition) is 1. The summed E-state index contributed by atoms with van der Waals surface area (Å²) in [5, 5.41) is 4.26. The molecule has 1 N–H and O–H groups in total. The maximum absolute atomic E-state index is 12.8. The number of thiazole rings is 1. The van der Waals surface area contributed by atoms with E-state index in [1.165, 1.54) is 17.4 Å². The van der Waals surface area contributed by atoms with Crippen LogP contribution in [0.15, 0.2) is 60.2 Å². The lowest BCUT2D eigenvalue weighted by Crippen LogP contribution is -2.16. The molecule has 1 aromatic heterocycles. The zero-order valence-corrected chi connectivity index (χ0v) is 13.6. The minimum absolute atomic E-state index is 0.304. The first-order chi connectivity index (χ1) is 11.4. The van der Waals surface area contributed by atoms with Crippen LogP contribution in [0.25, 0.3) is 15.9 Å². The number of para-hydroxylation sites is 1. The van der Waals surface area contributed by atoms with Gasteiger partial charge in [0.25, 0.3) is 0 Å². The number of aromatic nitrogens is 1. The van der Waals surface area contributed by atoms with Crippen LogP contribution in [-0.2, 0) is 13.2 Å². The van der Waals surface area contributed by atoms with Crippen molar-refractivity contribution in [1.29, 1.82) is 0 Å². The van der Waals surface area contributed by atoms with E-state index >= 15 is 0 Å². The van der Waals surface area contributed by atoms with Crippen LogP contribution in [0, 0.1) is 0 Å². The van der Waals surface area contributed by atoms with Crippen LogP contribution < -0.4 is 10.2 Å². The van der Waals surface area contributed by atoms with E-state index in [2.05, 4.69) is 17.1 Å². The van der Waals surface area contributed by atoms with Crippen LogP contribution in [0.4, 0.5) is 13.2 Å². The SMILES string of the molecule is C=C(NN=c1sc2ccccc2n1C)c1cccc(C(F)(F)F)c1. The second-order valence-corrected chi connectivity index (χ2v) is 6.20. The number of fused-ring (bicyclic) bond motifs is 1. The van der Waals surface area contributed by atoms with Gasteiger partial charge in [-0.15, -0.1) is 5.10 Å². The number of hydrogen-bond acceptors (Lipinski definition) is 3. The summed E-state index contributed by atoms with van der Waals surface area (Å²) >= 11 is 1.48.